The highest BCUT2D eigenvalue weighted by Crippen LogP contribution is 2.19. The molecule has 0 aliphatic carbocycles. The summed E-state index contributed by atoms with van der Waals surface area (Å²) in [5, 5.41) is 1.49. The zero-order valence-electron chi connectivity index (χ0n) is 6.17. The van der Waals surface area contributed by atoms with Crippen molar-refractivity contribution in [3.63, 3.8) is 0 Å². The lowest BCUT2D eigenvalue weighted by Gasteiger charge is -2.28. The smallest absolute Gasteiger partial charge is 0.244 e. The molecule has 2 saturated heterocycles. The largest absolute Gasteiger partial charge is 0.297 e. The molecule has 0 radical (unpaired) electrons. The van der Waals surface area contributed by atoms with Gasteiger partial charge in [0.2, 0.25) is 5.91 Å². The van der Waals surface area contributed by atoms with Gasteiger partial charge in [0, 0.05) is 6.54 Å². The summed E-state index contributed by atoms with van der Waals surface area (Å²) >= 11 is 0. The first-order valence-electron chi connectivity index (χ1n) is 3.87. The number of Topliss-reactive ketones (excluding diaryl/α,β-unsaturated/α-hetero) is 1. The average molecular weight is 154 g/mol. The molecule has 2 heterocycles. The molecule has 60 valence electrons. The van der Waals surface area contributed by atoms with Crippen LogP contribution in [0.2, 0.25) is 0 Å². The molecule has 2 aliphatic heterocycles. The molecule has 0 aromatic carbocycles. The molecule has 2 rings (SSSR count). The van der Waals surface area contributed by atoms with Gasteiger partial charge < -0.3 is 0 Å². The van der Waals surface area contributed by atoms with Gasteiger partial charge in [-0.05, 0) is 12.8 Å². The number of hydrazine groups is 1. The summed E-state index contributed by atoms with van der Waals surface area (Å²) in [5.41, 5.74) is 2.92. The second-order valence-electron chi connectivity index (χ2n) is 2.97. The third-order valence-electron chi connectivity index (χ3n) is 2.21. The highest BCUT2D eigenvalue weighted by Gasteiger charge is 2.39. The monoisotopic (exact) mass is 154 g/mol. The van der Waals surface area contributed by atoms with Gasteiger partial charge >= 0.3 is 0 Å². The summed E-state index contributed by atoms with van der Waals surface area (Å²) in [6.07, 6.45) is 1.91. The van der Waals surface area contributed by atoms with E-state index in [1.807, 2.05) is 0 Å². The minimum absolute atomic E-state index is 0.0697. The number of fused-ring (bicyclic) bond motifs is 1. The minimum atomic E-state index is -0.156. The third-order valence-corrected chi connectivity index (χ3v) is 2.21. The number of amides is 1. The van der Waals surface area contributed by atoms with Crippen molar-refractivity contribution in [2.24, 2.45) is 0 Å². The summed E-state index contributed by atoms with van der Waals surface area (Å²) in [5.74, 6) is 0.00176. The number of carbonyl (C=O) groups excluding carboxylic acids is 2. The highest BCUT2D eigenvalue weighted by atomic mass is 16.2. The topological polar surface area (TPSA) is 49.4 Å². The Morgan fingerprint density at radius 2 is 2.27 bits per heavy atom. The first-order chi connectivity index (χ1) is 5.29. The van der Waals surface area contributed by atoms with Crippen molar-refractivity contribution in [1.29, 1.82) is 0 Å². The van der Waals surface area contributed by atoms with Crippen LogP contribution in [-0.2, 0) is 9.59 Å². The molecule has 0 aromatic heterocycles. The Bertz CT molecular complexity index is 192. The van der Waals surface area contributed by atoms with Gasteiger partial charge in [0.15, 0.2) is 5.78 Å². The number of rotatable bonds is 0. The van der Waals surface area contributed by atoms with Crippen molar-refractivity contribution >= 4 is 11.7 Å². The predicted octanol–water partition coefficient (Wildman–Crippen LogP) is -0.545. The molecule has 4 nitrogen and oxygen atoms in total. The summed E-state index contributed by atoms with van der Waals surface area (Å²) in [7, 11) is 0. The van der Waals surface area contributed by atoms with E-state index in [9.17, 15) is 9.59 Å². The van der Waals surface area contributed by atoms with Crippen molar-refractivity contribution < 1.29 is 9.59 Å². The Labute approximate surface area is 64.5 Å². The lowest BCUT2D eigenvalue weighted by molar-refractivity contribution is -0.133. The first-order valence-corrected chi connectivity index (χ1v) is 3.87. The van der Waals surface area contributed by atoms with Crippen molar-refractivity contribution in [3.8, 4) is 0 Å². The van der Waals surface area contributed by atoms with E-state index in [1.165, 1.54) is 5.01 Å². The van der Waals surface area contributed by atoms with Crippen molar-refractivity contribution in [1.82, 2.24) is 10.4 Å². The van der Waals surface area contributed by atoms with Crippen molar-refractivity contribution in [2.75, 3.05) is 6.54 Å². The van der Waals surface area contributed by atoms with E-state index in [2.05, 4.69) is 5.43 Å². The Hall–Kier alpha value is -0.900. The van der Waals surface area contributed by atoms with Crippen LogP contribution in [0.25, 0.3) is 0 Å². The maximum absolute atomic E-state index is 11.1. The molecular formula is C7H10N2O2. The number of hydrogen-bond acceptors (Lipinski definition) is 3. The number of nitrogens with one attached hydrogen (secondary N) is 1. The first kappa shape index (κ1) is 6.79. The van der Waals surface area contributed by atoms with Crippen LogP contribution in [0.3, 0.4) is 0 Å². The van der Waals surface area contributed by atoms with Crippen LogP contribution in [0.4, 0.5) is 0 Å². The van der Waals surface area contributed by atoms with E-state index in [4.69, 9.17) is 0 Å². The van der Waals surface area contributed by atoms with Gasteiger partial charge in [-0.15, -0.1) is 0 Å². The molecule has 1 unspecified atom stereocenters. The molecule has 2 fully saturated rings. The van der Waals surface area contributed by atoms with E-state index in [-0.39, 0.29) is 24.2 Å². The molecule has 1 atom stereocenters. The minimum Gasteiger partial charge on any atom is -0.297 e. The van der Waals surface area contributed by atoms with Crippen LogP contribution in [-0.4, -0.2) is 29.3 Å². The lowest BCUT2D eigenvalue weighted by Crippen LogP contribution is -2.49. The van der Waals surface area contributed by atoms with Gasteiger partial charge in [-0.25, -0.2) is 5.43 Å². The second kappa shape index (κ2) is 2.30. The summed E-state index contributed by atoms with van der Waals surface area (Å²) in [4.78, 5) is 22.2. The maximum Gasteiger partial charge on any atom is 0.244 e. The Kier molecular flexibility index (Phi) is 1.42. The Morgan fingerprint density at radius 3 is 3.00 bits per heavy atom. The van der Waals surface area contributed by atoms with E-state index >= 15 is 0 Å². The number of ketones is 1. The molecule has 2 aliphatic rings. The lowest BCUT2D eigenvalue weighted by atomic mass is 10.1. The van der Waals surface area contributed by atoms with Crippen LogP contribution >= 0.6 is 0 Å². The molecule has 4 heteroatoms. The predicted molar refractivity (Wildman–Crippen MR) is 37.5 cm³/mol. The average Bonchev–Trinajstić information content (AvgIpc) is 2.30. The molecule has 11 heavy (non-hydrogen) atoms. The summed E-state index contributed by atoms with van der Waals surface area (Å²) < 4.78 is 0. The standard InChI is InChI=1S/C7H10N2O2/c10-6-4-7(11)9-5(6)2-1-3-8-9/h5,8H,1-4H2. The van der Waals surface area contributed by atoms with Crippen LogP contribution in [0.15, 0.2) is 0 Å². The Balaban J connectivity index is 2.19. The molecular weight excluding hydrogens is 144 g/mol. The fraction of sp³-hybridized carbons (Fsp3) is 0.714. The van der Waals surface area contributed by atoms with Gasteiger partial charge in [-0.1, -0.05) is 0 Å². The van der Waals surface area contributed by atoms with E-state index in [0.29, 0.717) is 0 Å². The van der Waals surface area contributed by atoms with Crippen molar-refractivity contribution in [3.05, 3.63) is 0 Å². The fourth-order valence-electron chi connectivity index (χ4n) is 1.65. The van der Waals surface area contributed by atoms with Crippen LogP contribution < -0.4 is 5.43 Å². The van der Waals surface area contributed by atoms with Gasteiger partial charge in [0.05, 0.1) is 6.42 Å². The quantitative estimate of drug-likeness (QED) is 0.476. The maximum atomic E-state index is 11.1. The summed E-state index contributed by atoms with van der Waals surface area (Å²) in [6.45, 7) is 0.815. The van der Waals surface area contributed by atoms with E-state index in [1.54, 1.807) is 0 Å². The number of nitrogens with zero attached hydrogens (tertiary/aromatic N) is 1. The van der Waals surface area contributed by atoms with Crippen molar-refractivity contribution in [2.45, 2.75) is 25.3 Å². The molecule has 0 spiro atoms. The van der Waals surface area contributed by atoms with E-state index < -0.39 is 0 Å². The van der Waals surface area contributed by atoms with Gasteiger partial charge in [0.1, 0.15) is 6.04 Å². The van der Waals surface area contributed by atoms with Crippen LogP contribution in [0.1, 0.15) is 19.3 Å². The fourth-order valence-corrected chi connectivity index (χ4v) is 1.65. The molecule has 0 saturated carbocycles. The van der Waals surface area contributed by atoms with Gasteiger partial charge in [-0.3, -0.25) is 14.6 Å². The van der Waals surface area contributed by atoms with Gasteiger partial charge in [0.25, 0.3) is 0 Å². The number of hydrogen-bond donors (Lipinski definition) is 1. The zero-order valence-corrected chi connectivity index (χ0v) is 6.17. The molecule has 1 amide bonds. The molecule has 0 bridgehead atoms. The normalized spacial score (nSPS) is 30.9. The van der Waals surface area contributed by atoms with Gasteiger partial charge in [-0.2, -0.15) is 0 Å². The molecule has 0 aromatic rings. The zero-order chi connectivity index (χ0) is 7.84. The van der Waals surface area contributed by atoms with E-state index in [0.717, 1.165) is 19.4 Å². The van der Waals surface area contributed by atoms with Crippen LogP contribution in [0.5, 0.6) is 0 Å². The second-order valence-corrected chi connectivity index (χ2v) is 2.97. The van der Waals surface area contributed by atoms with Crippen LogP contribution in [0, 0.1) is 0 Å². The third kappa shape index (κ3) is 0.939. The molecule has 1 N–H and O–H groups in total. The number of carbonyl (C=O) groups is 2. The summed E-state index contributed by atoms with van der Waals surface area (Å²) in [6, 6.07) is -0.156. The Morgan fingerprint density at radius 1 is 1.45 bits per heavy atom. The SMILES string of the molecule is O=C1CC(=O)N2NCCCC12. The highest BCUT2D eigenvalue weighted by molar-refractivity contribution is 6.07.